The van der Waals surface area contributed by atoms with E-state index < -0.39 is 199 Å². The fourth-order valence-electron chi connectivity index (χ4n) is 16.5. The van der Waals surface area contributed by atoms with Crippen LogP contribution < -0.4 is 0 Å². The zero-order chi connectivity index (χ0) is 62.8. The second kappa shape index (κ2) is 25.5. The normalized spacial score (nSPS) is 53.6. The first-order valence-electron chi connectivity index (χ1n) is 30.9. The molecule has 6 aliphatic heterocycles. The summed E-state index contributed by atoms with van der Waals surface area (Å²) in [5, 5.41) is 137. The molecule has 10 rings (SSSR count). The number of ether oxygens (including phenoxy) is 11. The number of aliphatic hydroxyl groups excluding tert-OH is 11. The standard InChI is InChI=1S/C58H96O27S/c1-21(2)22(3)45-50(80-45)58(10,70)36-12-11-29-28-18-34(31-17-27(85-86(71,72)73)13-15-56(31,8)30(28)14-16-57(29,36)9)78-53-44(69)47(39(64)35(20-59)79-53)82-55-49(84-52-42(67)40(65)37(62)24(5)75-52)43(68)46(26(7)77-55)81-54-48(41(66)38(63)25(6)76-54)83-51-33(61)19-32(60)23(4)74-51/h14,21-29,31-55,59-70H,11-13,15-20H2,1-10H3,(H,71,72,73). The van der Waals surface area contributed by atoms with E-state index in [9.17, 15) is 74.2 Å². The first-order chi connectivity index (χ1) is 40.2. The van der Waals surface area contributed by atoms with Gasteiger partial charge in [0.25, 0.3) is 0 Å². The first-order valence-corrected chi connectivity index (χ1v) is 32.3. The zero-order valence-electron chi connectivity index (χ0n) is 50.5. The van der Waals surface area contributed by atoms with E-state index in [4.69, 9.17) is 56.3 Å². The average molecular weight is 1260 g/mol. The van der Waals surface area contributed by atoms with Gasteiger partial charge in [-0.15, -0.1) is 0 Å². The minimum absolute atomic E-state index is 0.0380. The smallest absolute Gasteiger partial charge is 0.394 e. The quantitative estimate of drug-likeness (QED) is 0.0462. The summed E-state index contributed by atoms with van der Waals surface area (Å²) in [7, 11) is -4.89. The summed E-state index contributed by atoms with van der Waals surface area (Å²) >= 11 is 0. The van der Waals surface area contributed by atoms with Crippen LogP contribution in [0.4, 0.5) is 0 Å². The maximum absolute atomic E-state index is 12.5. The van der Waals surface area contributed by atoms with E-state index in [2.05, 4.69) is 40.7 Å². The van der Waals surface area contributed by atoms with Crippen LogP contribution in [0.3, 0.4) is 0 Å². The molecule has 3 saturated carbocycles. The lowest BCUT2D eigenvalue weighted by atomic mass is 9.47. The van der Waals surface area contributed by atoms with Gasteiger partial charge in [-0.25, -0.2) is 4.18 Å². The molecule has 6 saturated heterocycles. The van der Waals surface area contributed by atoms with Gasteiger partial charge in [0.1, 0.15) is 91.6 Å². The van der Waals surface area contributed by atoms with Crippen LogP contribution in [-0.2, 0) is 66.7 Å². The lowest BCUT2D eigenvalue weighted by Gasteiger charge is -2.60. The molecular weight excluding hydrogens is 1160 g/mol. The summed E-state index contributed by atoms with van der Waals surface area (Å²) in [5.74, 6) is -0.159. The molecule has 0 bridgehead atoms. The van der Waals surface area contributed by atoms with Crippen LogP contribution in [0.25, 0.3) is 0 Å². The van der Waals surface area contributed by atoms with E-state index in [-0.39, 0.29) is 55.1 Å². The monoisotopic (exact) mass is 1260 g/mol. The summed E-state index contributed by atoms with van der Waals surface area (Å²) in [6.07, 6.45) is -34.9. The summed E-state index contributed by atoms with van der Waals surface area (Å²) in [4.78, 5) is 0. The molecule has 0 radical (unpaired) electrons. The molecule has 13 N–H and O–H groups in total. The van der Waals surface area contributed by atoms with Crippen molar-refractivity contribution in [2.45, 2.75) is 298 Å². The molecule has 0 aromatic rings. The van der Waals surface area contributed by atoms with E-state index >= 15 is 0 Å². The van der Waals surface area contributed by atoms with Gasteiger partial charge in [-0.05, 0) is 126 Å². The fourth-order valence-corrected chi connectivity index (χ4v) is 17.0. The van der Waals surface area contributed by atoms with Crippen molar-refractivity contribution in [3.63, 3.8) is 0 Å². The Balaban J connectivity index is 0.929. The summed E-state index contributed by atoms with van der Waals surface area (Å²) < 4.78 is 108. The highest BCUT2D eigenvalue weighted by Gasteiger charge is 2.67. The molecule has 36 unspecified atom stereocenters. The third-order valence-corrected chi connectivity index (χ3v) is 22.5. The third kappa shape index (κ3) is 12.7. The molecule has 4 aliphatic carbocycles. The van der Waals surface area contributed by atoms with Crippen LogP contribution in [0.5, 0.6) is 0 Å². The van der Waals surface area contributed by atoms with E-state index in [0.717, 1.165) is 12.8 Å². The Labute approximate surface area is 502 Å². The number of fused-ring (bicyclic) bond motifs is 5. The average Bonchev–Trinajstić information content (AvgIpc) is 1.38. The highest BCUT2D eigenvalue weighted by molar-refractivity contribution is 7.80. The second-order valence-corrected chi connectivity index (χ2v) is 28.7. The largest absolute Gasteiger partial charge is 0.397 e. The molecule has 10 aliphatic rings. The molecule has 27 nitrogen and oxygen atoms in total. The van der Waals surface area contributed by atoms with E-state index in [0.29, 0.717) is 25.2 Å². The van der Waals surface area contributed by atoms with Gasteiger partial charge in [0.2, 0.25) is 0 Å². The van der Waals surface area contributed by atoms with Gasteiger partial charge < -0.3 is 113 Å². The predicted octanol–water partition coefficient (Wildman–Crippen LogP) is -1.20. The molecule has 86 heavy (non-hydrogen) atoms. The van der Waals surface area contributed by atoms with Gasteiger partial charge >= 0.3 is 10.4 Å². The highest BCUT2D eigenvalue weighted by Crippen LogP contribution is 2.68. The minimum atomic E-state index is -4.89. The van der Waals surface area contributed by atoms with Gasteiger partial charge in [0.15, 0.2) is 31.5 Å². The number of allylic oxidation sites excluding steroid dienone is 2. The number of aliphatic hydroxyl groups is 12. The molecule has 6 heterocycles. The molecule has 36 atom stereocenters. The maximum atomic E-state index is 12.5. The predicted molar refractivity (Wildman–Crippen MR) is 292 cm³/mol. The molecular formula is C58H96O27S. The van der Waals surface area contributed by atoms with Crippen molar-refractivity contribution in [1.29, 1.82) is 0 Å². The topological polar surface area (TPSA) is 411 Å². The summed E-state index contributed by atoms with van der Waals surface area (Å²) in [6.45, 7) is 17.6. The number of rotatable bonds is 17. The third-order valence-electron chi connectivity index (χ3n) is 21.9. The van der Waals surface area contributed by atoms with Gasteiger partial charge in [0.05, 0.1) is 61.0 Å². The molecule has 9 fully saturated rings. The Morgan fingerprint density at radius 1 is 0.605 bits per heavy atom. The van der Waals surface area contributed by atoms with Crippen molar-refractivity contribution in [2.24, 2.45) is 46.3 Å². The van der Waals surface area contributed by atoms with Crippen molar-refractivity contribution in [3.05, 3.63) is 11.6 Å². The van der Waals surface area contributed by atoms with Crippen molar-refractivity contribution in [1.82, 2.24) is 0 Å². The summed E-state index contributed by atoms with van der Waals surface area (Å²) in [6, 6.07) is 0. The Hall–Kier alpha value is -1.31. The van der Waals surface area contributed by atoms with E-state index in [1.807, 2.05) is 6.92 Å². The lowest BCUT2D eigenvalue weighted by molar-refractivity contribution is -0.405. The first kappa shape index (κ1) is 67.6. The summed E-state index contributed by atoms with van der Waals surface area (Å²) in [5.41, 5.74) is -1.01. The van der Waals surface area contributed by atoms with Crippen molar-refractivity contribution in [3.8, 4) is 0 Å². The lowest BCUT2D eigenvalue weighted by Crippen LogP contribution is -2.68. The highest BCUT2D eigenvalue weighted by atomic mass is 32.3. The van der Waals surface area contributed by atoms with E-state index in [1.54, 1.807) is 6.92 Å². The van der Waals surface area contributed by atoms with Crippen molar-refractivity contribution >= 4 is 10.4 Å². The molecule has 0 aromatic heterocycles. The van der Waals surface area contributed by atoms with Crippen molar-refractivity contribution in [2.75, 3.05) is 6.61 Å². The van der Waals surface area contributed by atoms with Crippen LogP contribution in [0.2, 0.25) is 0 Å². The van der Waals surface area contributed by atoms with Gasteiger partial charge in [-0.3, -0.25) is 4.55 Å². The maximum Gasteiger partial charge on any atom is 0.397 e. The molecule has 0 spiro atoms. The van der Waals surface area contributed by atoms with Crippen molar-refractivity contribution < 1.29 is 131 Å². The molecule has 496 valence electrons. The molecule has 0 aromatic carbocycles. The van der Waals surface area contributed by atoms with Crippen LogP contribution in [0.15, 0.2) is 11.6 Å². The molecule has 28 heteroatoms. The Kier molecular flexibility index (Phi) is 20.1. The SMILES string of the molecule is CC(C)C(C)C1OC1C(C)(O)C1CCC2C3CC(OC4OC(CO)C(O)C(OC5OC(C)C(OC6OC(C)C(O)C(O)C6OC6OC(C)C(O)CC6O)C(O)C5OC5OC(C)C(O)C(O)C5O)C4O)C4CC(OS(=O)(=O)O)CCC4(C)C3=CCC21C. The van der Waals surface area contributed by atoms with Crippen LogP contribution in [-0.4, -0.2) is 258 Å². The molecule has 0 amide bonds. The minimum Gasteiger partial charge on any atom is -0.394 e. The van der Waals surface area contributed by atoms with Gasteiger partial charge in [-0.1, -0.05) is 46.3 Å². The van der Waals surface area contributed by atoms with Gasteiger partial charge in [0, 0.05) is 6.42 Å². The second-order valence-electron chi connectivity index (χ2n) is 27.7. The zero-order valence-corrected chi connectivity index (χ0v) is 51.3. The Morgan fingerprint density at radius 3 is 1.84 bits per heavy atom. The number of hydrogen-bond donors (Lipinski definition) is 13. The fraction of sp³-hybridized carbons (Fsp3) is 0.966. The van der Waals surface area contributed by atoms with E-state index in [1.165, 1.54) is 26.3 Å². The van der Waals surface area contributed by atoms with Crippen LogP contribution in [0.1, 0.15) is 121 Å². The van der Waals surface area contributed by atoms with Gasteiger partial charge in [-0.2, -0.15) is 8.42 Å². The van der Waals surface area contributed by atoms with Crippen LogP contribution in [0, 0.1) is 46.3 Å². The number of hydrogen-bond acceptors (Lipinski definition) is 26. The Morgan fingerprint density at radius 2 is 1.19 bits per heavy atom. The number of epoxide rings is 1. The van der Waals surface area contributed by atoms with Crippen LogP contribution >= 0.6 is 0 Å². The Bertz CT molecular complexity index is 2460.